The summed E-state index contributed by atoms with van der Waals surface area (Å²) in [5.41, 5.74) is -0.141. The van der Waals surface area contributed by atoms with E-state index in [0.717, 1.165) is 6.42 Å². The lowest BCUT2D eigenvalue weighted by atomic mass is 10.1. The number of nitrogens with one attached hydrogen (secondary N) is 2. The maximum atomic E-state index is 11.3. The molecule has 2 rings (SSSR count). The lowest BCUT2D eigenvalue weighted by Crippen LogP contribution is -2.24. The van der Waals surface area contributed by atoms with Gasteiger partial charge in [0.25, 0.3) is 5.56 Å². The van der Waals surface area contributed by atoms with E-state index in [1.807, 2.05) is 0 Å². The van der Waals surface area contributed by atoms with Gasteiger partial charge in [-0.15, -0.1) is 0 Å². The first-order valence-corrected chi connectivity index (χ1v) is 5.97. The van der Waals surface area contributed by atoms with Gasteiger partial charge in [0.15, 0.2) is 0 Å². The fourth-order valence-corrected chi connectivity index (χ4v) is 2.35. The number of H-pyrrole nitrogens is 1. The summed E-state index contributed by atoms with van der Waals surface area (Å²) in [5.74, 6) is 1.30. The van der Waals surface area contributed by atoms with Gasteiger partial charge >= 0.3 is 0 Å². The van der Waals surface area contributed by atoms with Gasteiger partial charge in [-0.25, -0.2) is 4.98 Å². The first kappa shape index (κ1) is 10.7. The number of anilines is 1. The fourth-order valence-electron chi connectivity index (χ4n) is 2.02. The van der Waals surface area contributed by atoms with Crippen molar-refractivity contribution in [1.29, 1.82) is 0 Å². The third-order valence-electron chi connectivity index (χ3n) is 2.98. The van der Waals surface area contributed by atoms with Crippen LogP contribution in [-0.2, 0) is 0 Å². The van der Waals surface area contributed by atoms with Crippen molar-refractivity contribution < 1.29 is 0 Å². The Morgan fingerprint density at radius 2 is 2.40 bits per heavy atom. The van der Waals surface area contributed by atoms with Crippen LogP contribution >= 0.6 is 15.9 Å². The maximum Gasteiger partial charge on any atom is 0.267 e. The van der Waals surface area contributed by atoms with Crippen molar-refractivity contribution in [2.45, 2.75) is 32.2 Å². The molecule has 15 heavy (non-hydrogen) atoms. The Kier molecular flexibility index (Phi) is 3.09. The largest absolute Gasteiger partial charge is 0.366 e. The van der Waals surface area contributed by atoms with Crippen LogP contribution in [0.15, 0.2) is 15.6 Å². The third-order valence-corrected chi connectivity index (χ3v) is 3.72. The van der Waals surface area contributed by atoms with E-state index in [1.54, 1.807) is 0 Å². The van der Waals surface area contributed by atoms with E-state index in [4.69, 9.17) is 0 Å². The number of aromatic amines is 1. The Morgan fingerprint density at radius 1 is 1.60 bits per heavy atom. The zero-order chi connectivity index (χ0) is 10.8. The molecule has 1 aromatic rings. The van der Waals surface area contributed by atoms with Crippen molar-refractivity contribution in [1.82, 2.24) is 9.97 Å². The van der Waals surface area contributed by atoms with Crippen LogP contribution in [-0.4, -0.2) is 16.0 Å². The number of hydrogen-bond donors (Lipinski definition) is 2. The fraction of sp³-hybridized carbons (Fsp3) is 0.600. The van der Waals surface area contributed by atoms with E-state index in [-0.39, 0.29) is 5.56 Å². The Bertz CT molecular complexity index is 404. The van der Waals surface area contributed by atoms with Gasteiger partial charge in [-0.2, -0.15) is 0 Å². The molecule has 2 atom stereocenters. The highest BCUT2D eigenvalue weighted by molar-refractivity contribution is 9.10. The summed E-state index contributed by atoms with van der Waals surface area (Å²) < 4.78 is 0.490. The van der Waals surface area contributed by atoms with Crippen LogP contribution in [0.1, 0.15) is 26.2 Å². The van der Waals surface area contributed by atoms with Crippen molar-refractivity contribution in [3.8, 4) is 0 Å². The van der Waals surface area contributed by atoms with E-state index in [1.165, 1.54) is 19.2 Å². The zero-order valence-corrected chi connectivity index (χ0v) is 10.2. The average molecular weight is 272 g/mol. The summed E-state index contributed by atoms with van der Waals surface area (Å²) in [5, 5.41) is 3.32. The van der Waals surface area contributed by atoms with Crippen LogP contribution in [0.5, 0.6) is 0 Å². The number of aromatic nitrogens is 2. The topological polar surface area (TPSA) is 57.8 Å². The molecule has 82 valence electrons. The SMILES string of the molecule is CC1CCCC1Nc1nc[nH]c(=O)c1Br. The molecule has 0 aliphatic heterocycles. The molecule has 1 saturated carbocycles. The second-order valence-electron chi connectivity index (χ2n) is 4.05. The summed E-state index contributed by atoms with van der Waals surface area (Å²) in [6, 6.07) is 0.440. The Balaban J connectivity index is 2.17. The summed E-state index contributed by atoms with van der Waals surface area (Å²) in [6.07, 6.45) is 5.08. The molecule has 1 heterocycles. The first-order valence-electron chi connectivity index (χ1n) is 5.18. The van der Waals surface area contributed by atoms with Crippen LogP contribution in [0, 0.1) is 5.92 Å². The predicted octanol–water partition coefficient (Wildman–Crippen LogP) is 2.13. The molecule has 5 heteroatoms. The quantitative estimate of drug-likeness (QED) is 0.867. The van der Waals surface area contributed by atoms with Gasteiger partial charge in [0.05, 0.1) is 6.33 Å². The van der Waals surface area contributed by atoms with Gasteiger partial charge in [0, 0.05) is 6.04 Å². The lowest BCUT2D eigenvalue weighted by Gasteiger charge is -2.18. The van der Waals surface area contributed by atoms with Crippen molar-refractivity contribution in [2.24, 2.45) is 5.92 Å². The van der Waals surface area contributed by atoms with Gasteiger partial charge < -0.3 is 10.3 Å². The molecule has 1 aliphatic rings. The van der Waals surface area contributed by atoms with Crippen LogP contribution in [0.25, 0.3) is 0 Å². The Labute approximate surface area is 96.6 Å². The minimum absolute atomic E-state index is 0.141. The average Bonchev–Trinajstić information content (AvgIpc) is 2.60. The molecule has 0 spiro atoms. The highest BCUT2D eigenvalue weighted by Crippen LogP contribution is 2.28. The van der Waals surface area contributed by atoms with Crippen LogP contribution < -0.4 is 10.9 Å². The minimum Gasteiger partial charge on any atom is -0.366 e. The van der Waals surface area contributed by atoms with E-state index >= 15 is 0 Å². The minimum atomic E-state index is -0.141. The summed E-state index contributed by atoms with van der Waals surface area (Å²) >= 11 is 3.24. The second kappa shape index (κ2) is 4.35. The van der Waals surface area contributed by atoms with E-state index in [2.05, 4.69) is 38.1 Å². The molecule has 2 N–H and O–H groups in total. The highest BCUT2D eigenvalue weighted by Gasteiger charge is 2.24. The van der Waals surface area contributed by atoms with Crippen LogP contribution in [0.2, 0.25) is 0 Å². The summed E-state index contributed by atoms with van der Waals surface area (Å²) in [6.45, 7) is 2.23. The first-order chi connectivity index (χ1) is 7.18. The Hall–Kier alpha value is -0.840. The van der Waals surface area contributed by atoms with E-state index in [0.29, 0.717) is 22.3 Å². The van der Waals surface area contributed by atoms with Gasteiger partial charge in [-0.05, 0) is 34.7 Å². The van der Waals surface area contributed by atoms with Crippen molar-refractivity contribution in [2.75, 3.05) is 5.32 Å². The molecular weight excluding hydrogens is 258 g/mol. The molecule has 0 amide bonds. The van der Waals surface area contributed by atoms with E-state index in [9.17, 15) is 4.79 Å². The number of nitrogens with zero attached hydrogens (tertiary/aromatic N) is 1. The van der Waals surface area contributed by atoms with Crippen molar-refractivity contribution in [3.05, 3.63) is 21.2 Å². The summed E-state index contributed by atoms with van der Waals surface area (Å²) in [7, 11) is 0. The van der Waals surface area contributed by atoms with Gasteiger partial charge in [0.2, 0.25) is 0 Å². The van der Waals surface area contributed by atoms with E-state index < -0.39 is 0 Å². The van der Waals surface area contributed by atoms with Crippen LogP contribution in [0.3, 0.4) is 0 Å². The maximum absolute atomic E-state index is 11.3. The molecule has 1 aromatic heterocycles. The monoisotopic (exact) mass is 271 g/mol. The molecule has 0 saturated heterocycles. The van der Waals surface area contributed by atoms with Crippen molar-refractivity contribution in [3.63, 3.8) is 0 Å². The van der Waals surface area contributed by atoms with Gasteiger partial charge in [0.1, 0.15) is 10.3 Å². The normalized spacial score (nSPS) is 25.5. The smallest absolute Gasteiger partial charge is 0.267 e. The predicted molar refractivity (Wildman–Crippen MR) is 63.0 cm³/mol. The molecular formula is C10H14BrN3O. The standard InChI is InChI=1S/C10H14BrN3O/c1-6-3-2-4-7(6)14-9-8(11)10(15)13-5-12-9/h5-7H,2-4H2,1H3,(H2,12,13,14,15). The number of hydrogen-bond acceptors (Lipinski definition) is 3. The number of rotatable bonds is 2. The number of halogens is 1. The highest BCUT2D eigenvalue weighted by atomic mass is 79.9. The zero-order valence-electron chi connectivity index (χ0n) is 8.59. The summed E-state index contributed by atoms with van der Waals surface area (Å²) in [4.78, 5) is 18.0. The molecule has 0 radical (unpaired) electrons. The molecule has 4 nitrogen and oxygen atoms in total. The second-order valence-corrected chi connectivity index (χ2v) is 4.85. The molecule has 0 aromatic carbocycles. The molecule has 1 aliphatic carbocycles. The molecule has 1 fully saturated rings. The van der Waals surface area contributed by atoms with Gasteiger partial charge in [-0.1, -0.05) is 13.3 Å². The van der Waals surface area contributed by atoms with Crippen LogP contribution in [0.4, 0.5) is 5.82 Å². The van der Waals surface area contributed by atoms with Crippen molar-refractivity contribution >= 4 is 21.7 Å². The molecule has 2 unspecified atom stereocenters. The third kappa shape index (κ3) is 2.22. The Morgan fingerprint density at radius 3 is 3.07 bits per heavy atom. The molecule has 0 bridgehead atoms. The lowest BCUT2D eigenvalue weighted by molar-refractivity contribution is 0.554. The van der Waals surface area contributed by atoms with Gasteiger partial charge in [-0.3, -0.25) is 4.79 Å².